The molecule has 2 aliphatic heterocycles. The summed E-state index contributed by atoms with van der Waals surface area (Å²) in [5, 5.41) is -0.549. The van der Waals surface area contributed by atoms with Gasteiger partial charge in [0.1, 0.15) is 0 Å². The monoisotopic (exact) mass is 366 g/mol. The molecule has 1 amide bonds. The maximum atomic E-state index is 14.3. The van der Waals surface area contributed by atoms with Crippen LogP contribution < -0.4 is 0 Å². The summed E-state index contributed by atoms with van der Waals surface area (Å²) in [6.07, 6.45) is 1.38. The van der Waals surface area contributed by atoms with Gasteiger partial charge in [0, 0.05) is 33.2 Å². The number of ether oxygens (including phenoxy) is 1. The summed E-state index contributed by atoms with van der Waals surface area (Å²) in [7, 11) is -2.22. The quantitative estimate of drug-likeness (QED) is 0.730. The van der Waals surface area contributed by atoms with E-state index in [4.69, 9.17) is 4.74 Å². The molecule has 0 aromatic carbocycles. The third kappa shape index (κ3) is 3.30. The van der Waals surface area contributed by atoms with Crippen LogP contribution in [0.1, 0.15) is 32.1 Å². The first-order valence-corrected chi connectivity index (χ1v) is 9.86. The van der Waals surface area contributed by atoms with E-state index < -0.39 is 39.6 Å². The zero-order chi connectivity index (χ0) is 17.6. The number of carbonyl (C=O) groups is 1. The van der Waals surface area contributed by atoms with Crippen molar-refractivity contribution < 1.29 is 26.7 Å². The molecule has 0 aromatic rings. The number of hydrogen-bond donors (Lipinski definition) is 0. The number of sulfonamides is 1. The highest BCUT2D eigenvalue weighted by Crippen LogP contribution is 2.47. The average molecular weight is 366 g/mol. The SMILES string of the molecule is COCCN1CCC[C@@]2(CN(S(=O)(=O)C3CC3)CC(F)(F)C2)C1=O. The lowest BCUT2D eigenvalue weighted by atomic mass is 9.72. The molecule has 2 saturated heterocycles. The molecule has 1 saturated carbocycles. The van der Waals surface area contributed by atoms with Crippen LogP contribution in [-0.2, 0) is 19.6 Å². The number of methoxy groups -OCH3 is 1. The van der Waals surface area contributed by atoms with Gasteiger partial charge in [-0.2, -0.15) is 4.31 Å². The molecule has 0 unspecified atom stereocenters. The molecule has 1 aliphatic carbocycles. The van der Waals surface area contributed by atoms with Gasteiger partial charge in [0.2, 0.25) is 15.9 Å². The van der Waals surface area contributed by atoms with E-state index in [1.165, 1.54) is 12.0 Å². The topological polar surface area (TPSA) is 66.9 Å². The van der Waals surface area contributed by atoms with Gasteiger partial charge in [-0.05, 0) is 25.7 Å². The lowest BCUT2D eigenvalue weighted by Crippen LogP contribution is -2.62. The summed E-state index contributed by atoms with van der Waals surface area (Å²) in [6, 6.07) is 0. The molecule has 3 fully saturated rings. The summed E-state index contributed by atoms with van der Waals surface area (Å²) >= 11 is 0. The zero-order valence-electron chi connectivity index (χ0n) is 13.8. The normalized spacial score (nSPS) is 31.6. The van der Waals surface area contributed by atoms with E-state index in [-0.39, 0.29) is 12.5 Å². The van der Waals surface area contributed by atoms with Crippen LogP contribution >= 0.6 is 0 Å². The van der Waals surface area contributed by atoms with Crippen molar-refractivity contribution in [2.75, 3.05) is 39.9 Å². The minimum absolute atomic E-state index is 0.121. The van der Waals surface area contributed by atoms with Gasteiger partial charge in [-0.15, -0.1) is 0 Å². The first-order chi connectivity index (χ1) is 11.2. The van der Waals surface area contributed by atoms with Crippen molar-refractivity contribution in [3.05, 3.63) is 0 Å². The van der Waals surface area contributed by atoms with E-state index in [0.29, 0.717) is 45.4 Å². The number of carbonyl (C=O) groups excluding carboxylic acids is 1. The fraction of sp³-hybridized carbons (Fsp3) is 0.933. The Morgan fingerprint density at radius 1 is 1.29 bits per heavy atom. The fourth-order valence-corrected chi connectivity index (χ4v) is 5.84. The number of alkyl halides is 2. The number of piperidine rings is 2. The molecule has 1 spiro atoms. The Morgan fingerprint density at radius 3 is 2.62 bits per heavy atom. The molecule has 0 aromatic heterocycles. The van der Waals surface area contributed by atoms with E-state index in [2.05, 4.69) is 0 Å². The van der Waals surface area contributed by atoms with Crippen LogP contribution in [0.15, 0.2) is 0 Å². The molecule has 2 heterocycles. The highest BCUT2D eigenvalue weighted by Gasteiger charge is 2.58. The Labute approximate surface area is 141 Å². The highest BCUT2D eigenvalue weighted by atomic mass is 32.2. The van der Waals surface area contributed by atoms with Crippen molar-refractivity contribution in [2.24, 2.45) is 5.41 Å². The second-order valence-electron chi connectivity index (χ2n) is 7.21. The molecular formula is C15H24F2N2O4S. The van der Waals surface area contributed by atoms with Crippen LogP contribution in [-0.4, -0.2) is 74.6 Å². The van der Waals surface area contributed by atoms with Gasteiger partial charge in [0.25, 0.3) is 5.92 Å². The molecule has 0 radical (unpaired) electrons. The molecule has 3 rings (SSSR count). The van der Waals surface area contributed by atoms with Crippen molar-refractivity contribution in [2.45, 2.75) is 43.3 Å². The summed E-state index contributed by atoms with van der Waals surface area (Å²) in [4.78, 5) is 14.4. The number of likely N-dealkylation sites (tertiary alicyclic amines) is 1. The van der Waals surface area contributed by atoms with Crippen LogP contribution in [0.3, 0.4) is 0 Å². The summed E-state index contributed by atoms with van der Waals surface area (Å²) in [6.45, 7) is 0.258. The van der Waals surface area contributed by atoms with Gasteiger partial charge in [0.15, 0.2) is 0 Å². The zero-order valence-corrected chi connectivity index (χ0v) is 14.7. The molecule has 6 nitrogen and oxygen atoms in total. The third-order valence-electron chi connectivity index (χ3n) is 5.18. The maximum absolute atomic E-state index is 14.3. The van der Waals surface area contributed by atoms with Gasteiger partial charge in [-0.3, -0.25) is 4.79 Å². The molecule has 0 bridgehead atoms. The van der Waals surface area contributed by atoms with Crippen LogP contribution in [0, 0.1) is 5.41 Å². The first-order valence-electron chi connectivity index (χ1n) is 8.35. The minimum Gasteiger partial charge on any atom is -0.383 e. The van der Waals surface area contributed by atoms with E-state index >= 15 is 0 Å². The minimum atomic E-state index is -3.74. The van der Waals surface area contributed by atoms with Gasteiger partial charge >= 0.3 is 0 Å². The number of halogens is 2. The molecule has 3 aliphatic rings. The highest BCUT2D eigenvalue weighted by molar-refractivity contribution is 7.90. The number of nitrogens with zero attached hydrogens (tertiary/aromatic N) is 2. The number of rotatable bonds is 5. The van der Waals surface area contributed by atoms with Crippen molar-refractivity contribution >= 4 is 15.9 Å². The molecular weight excluding hydrogens is 342 g/mol. The molecule has 1 atom stereocenters. The van der Waals surface area contributed by atoms with Gasteiger partial charge in [0.05, 0.1) is 23.8 Å². The Balaban J connectivity index is 1.86. The maximum Gasteiger partial charge on any atom is 0.262 e. The summed E-state index contributed by atoms with van der Waals surface area (Å²) < 4.78 is 59.5. The molecule has 138 valence electrons. The summed E-state index contributed by atoms with van der Waals surface area (Å²) in [5.74, 6) is -3.54. The number of amides is 1. The van der Waals surface area contributed by atoms with E-state index in [0.717, 1.165) is 4.31 Å². The number of hydrogen-bond acceptors (Lipinski definition) is 4. The van der Waals surface area contributed by atoms with Crippen molar-refractivity contribution in [3.63, 3.8) is 0 Å². The standard InChI is InChI=1S/C15H24F2N2O4S/c1-23-8-7-18-6-2-5-14(13(18)20)9-15(16,17)11-19(10-14)24(21,22)12-3-4-12/h12H,2-11H2,1H3/t14-/m1/s1. The lowest BCUT2D eigenvalue weighted by Gasteiger charge is -2.48. The predicted octanol–water partition coefficient (Wildman–Crippen LogP) is 1.07. The third-order valence-corrected chi connectivity index (χ3v) is 7.47. The van der Waals surface area contributed by atoms with Gasteiger partial charge < -0.3 is 9.64 Å². The Hall–Kier alpha value is -0.800. The van der Waals surface area contributed by atoms with Crippen LogP contribution in [0.4, 0.5) is 8.78 Å². The lowest BCUT2D eigenvalue weighted by molar-refractivity contribution is -0.164. The smallest absolute Gasteiger partial charge is 0.262 e. The van der Waals surface area contributed by atoms with Crippen LogP contribution in [0.5, 0.6) is 0 Å². The second kappa shape index (κ2) is 6.17. The van der Waals surface area contributed by atoms with E-state index in [1.54, 1.807) is 0 Å². The van der Waals surface area contributed by atoms with Crippen molar-refractivity contribution in [1.82, 2.24) is 9.21 Å². The van der Waals surface area contributed by atoms with Crippen LogP contribution in [0.25, 0.3) is 0 Å². The first kappa shape index (κ1) is 18.0. The largest absolute Gasteiger partial charge is 0.383 e. The van der Waals surface area contributed by atoms with Crippen molar-refractivity contribution in [1.29, 1.82) is 0 Å². The molecule has 9 heteroatoms. The van der Waals surface area contributed by atoms with E-state index in [9.17, 15) is 22.0 Å². The summed E-state index contributed by atoms with van der Waals surface area (Å²) in [5.41, 5.74) is -1.31. The van der Waals surface area contributed by atoms with Gasteiger partial charge in [-0.1, -0.05) is 0 Å². The molecule has 0 N–H and O–H groups in total. The Bertz CT molecular complexity index is 609. The average Bonchev–Trinajstić information content (AvgIpc) is 3.32. The molecule has 24 heavy (non-hydrogen) atoms. The Morgan fingerprint density at radius 2 is 2.00 bits per heavy atom. The van der Waals surface area contributed by atoms with Crippen LogP contribution in [0.2, 0.25) is 0 Å². The predicted molar refractivity (Wildman–Crippen MR) is 83.2 cm³/mol. The van der Waals surface area contributed by atoms with E-state index in [1.807, 2.05) is 0 Å². The fourth-order valence-electron chi connectivity index (χ4n) is 3.89. The second-order valence-corrected chi connectivity index (χ2v) is 9.43. The Kier molecular flexibility index (Phi) is 4.63. The van der Waals surface area contributed by atoms with Crippen molar-refractivity contribution in [3.8, 4) is 0 Å². The van der Waals surface area contributed by atoms with Gasteiger partial charge in [-0.25, -0.2) is 17.2 Å².